The molecule has 0 aliphatic carbocycles. The van der Waals surface area contributed by atoms with E-state index in [1.54, 1.807) is 0 Å². The SMILES string of the molecule is CN1CCOC(c2cccc(NC(=O)c3ccc(F)cc3)c2)C1. The van der Waals surface area contributed by atoms with Gasteiger partial charge in [-0.05, 0) is 49.0 Å². The maximum atomic E-state index is 12.9. The molecular formula is C18H19FN2O2. The maximum Gasteiger partial charge on any atom is 0.255 e. The van der Waals surface area contributed by atoms with Crippen molar-refractivity contribution in [2.75, 3.05) is 32.1 Å². The van der Waals surface area contributed by atoms with E-state index >= 15 is 0 Å². The lowest BCUT2D eigenvalue weighted by atomic mass is 10.1. The van der Waals surface area contributed by atoms with Gasteiger partial charge in [0, 0.05) is 24.3 Å². The fraction of sp³-hybridized carbons (Fsp3) is 0.278. The summed E-state index contributed by atoms with van der Waals surface area (Å²) in [4.78, 5) is 14.4. The fourth-order valence-corrected chi connectivity index (χ4v) is 2.60. The average molecular weight is 314 g/mol. The number of morpholine rings is 1. The molecule has 5 heteroatoms. The molecule has 1 atom stereocenters. The van der Waals surface area contributed by atoms with Crippen LogP contribution >= 0.6 is 0 Å². The van der Waals surface area contributed by atoms with Crippen LogP contribution in [0.5, 0.6) is 0 Å². The van der Waals surface area contributed by atoms with E-state index in [0.717, 1.165) is 18.7 Å². The van der Waals surface area contributed by atoms with Gasteiger partial charge >= 0.3 is 0 Å². The van der Waals surface area contributed by atoms with Crippen LogP contribution in [-0.2, 0) is 4.74 Å². The molecule has 2 aromatic carbocycles. The van der Waals surface area contributed by atoms with Crippen LogP contribution in [0.15, 0.2) is 48.5 Å². The standard InChI is InChI=1S/C18H19FN2O2/c1-21-9-10-23-17(12-21)14-3-2-4-16(11-14)20-18(22)13-5-7-15(19)8-6-13/h2-8,11,17H,9-10,12H2,1H3,(H,20,22). The van der Waals surface area contributed by atoms with E-state index < -0.39 is 0 Å². The first-order valence-electron chi connectivity index (χ1n) is 7.59. The van der Waals surface area contributed by atoms with Gasteiger partial charge in [0.05, 0.1) is 12.7 Å². The first-order chi connectivity index (χ1) is 11.1. The summed E-state index contributed by atoms with van der Waals surface area (Å²) >= 11 is 0. The largest absolute Gasteiger partial charge is 0.371 e. The van der Waals surface area contributed by atoms with Crippen LogP contribution < -0.4 is 5.32 Å². The quantitative estimate of drug-likeness (QED) is 0.946. The van der Waals surface area contributed by atoms with Crippen molar-refractivity contribution in [3.63, 3.8) is 0 Å². The van der Waals surface area contributed by atoms with Crippen molar-refractivity contribution in [2.24, 2.45) is 0 Å². The molecule has 1 saturated heterocycles. The Bertz CT molecular complexity index is 688. The van der Waals surface area contributed by atoms with Gasteiger partial charge in [-0.3, -0.25) is 4.79 Å². The number of likely N-dealkylation sites (N-methyl/N-ethyl adjacent to an activating group) is 1. The highest BCUT2D eigenvalue weighted by Crippen LogP contribution is 2.24. The van der Waals surface area contributed by atoms with Crippen LogP contribution in [0.2, 0.25) is 0 Å². The number of nitrogens with zero attached hydrogens (tertiary/aromatic N) is 1. The lowest BCUT2D eigenvalue weighted by Crippen LogP contribution is -2.35. The molecule has 1 aliphatic heterocycles. The van der Waals surface area contributed by atoms with Crippen LogP contribution in [0.1, 0.15) is 22.0 Å². The molecular weight excluding hydrogens is 295 g/mol. The minimum atomic E-state index is -0.359. The molecule has 0 saturated carbocycles. The lowest BCUT2D eigenvalue weighted by Gasteiger charge is -2.30. The Balaban J connectivity index is 1.72. The van der Waals surface area contributed by atoms with E-state index in [0.29, 0.717) is 17.9 Å². The van der Waals surface area contributed by atoms with E-state index in [-0.39, 0.29) is 17.8 Å². The number of nitrogens with one attached hydrogen (secondary N) is 1. The van der Waals surface area contributed by atoms with Gasteiger partial charge in [0.15, 0.2) is 0 Å². The number of amides is 1. The number of hydrogen-bond acceptors (Lipinski definition) is 3. The van der Waals surface area contributed by atoms with Gasteiger partial charge in [-0.2, -0.15) is 0 Å². The molecule has 0 radical (unpaired) electrons. The Morgan fingerprint density at radius 1 is 1.26 bits per heavy atom. The molecule has 120 valence electrons. The van der Waals surface area contributed by atoms with E-state index in [2.05, 4.69) is 17.3 Å². The molecule has 0 spiro atoms. The molecule has 1 unspecified atom stereocenters. The number of ether oxygens (including phenoxy) is 1. The highest BCUT2D eigenvalue weighted by atomic mass is 19.1. The normalized spacial score (nSPS) is 18.6. The first kappa shape index (κ1) is 15.6. The number of rotatable bonds is 3. The van der Waals surface area contributed by atoms with E-state index in [1.165, 1.54) is 24.3 Å². The number of carbonyl (C=O) groups excluding carboxylic acids is 1. The minimum absolute atomic E-state index is 0.0106. The summed E-state index contributed by atoms with van der Waals surface area (Å²) in [5.41, 5.74) is 2.16. The van der Waals surface area contributed by atoms with Crippen LogP contribution in [0.3, 0.4) is 0 Å². The van der Waals surface area contributed by atoms with Crippen molar-refractivity contribution in [3.8, 4) is 0 Å². The van der Waals surface area contributed by atoms with Gasteiger partial charge in [-0.1, -0.05) is 12.1 Å². The predicted molar refractivity (Wildman–Crippen MR) is 87.0 cm³/mol. The Morgan fingerprint density at radius 2 is 2.04 bits per heavy atom. The average Bonchev–Trinajstić information content (AvgIpc) is 2.56. The topological polar surface area (TPSA) is 41.6 Å². The summed E-state index contributed by atoms with van der Waals surface area (Å²) in [6.45, 7) is 2.46. The number of hydrogen-bond donors (Lipinski definition) is 1. The molecule has 1 aliphatic rings. The summed E-state index contributed by atoms with van der Waals surface area (Å²) in [6, 6.07) is 13.1. The second-order valence-electron chi connectivity index (χ2n) is 5.71. The molecule has 4 nitrogen and oxygen atoms in total. The van der Waals surface area contributed by atoms with Crippen LogP contribution in [0, 0.1) is 5.82 Å². The van der Waals surface area contributed by atoms with Crippen molar-refractivity contribution in [1.82, 2.24) is 4.90 Å². The third-order valence-electron chi connectivity index (χ3n) is 3.89. The van der Waals surface area contributed by atoms with Gasteiger partial charge in [0.2, 0.25) is 0 Å². The van der Waals surface area contributed by atoms with Crippen LogP contribution in [-0.4, -0.2) is 37.6 Å². The number of carbonyl (C=O) groups is 1. The monoisotopic (exact) mass is 314 g/mol. The van der Waals surface area contributed by atoms with Gasteiger partial charge < -0.3 is 15.0 Å². The van der Waals surface area contributed by atoms with Crippen LogP contribution in [0.4, 0.5) is 10.1 Å². The fourth-order valence-electron chi connectivity index (χ4n) is 2.60. The molecule has 2 aromatic rings. The van der Waals surface area contributed by atoms with Crippen molar-refractivity contribution in [2.45, 2.75) is 6.10 Å². The highest BCUT2D eigenvalue weighted by molar-refractivity contribution is 6.04. The van der Waals surface area contributed by atoms with Crippen molar-refractivity contribution in [3.05, 3.63) is 65.5 Å². The highest BCUT2D eigenvalue weighted by Gasteiger charge is 2.19. The number of anilines is 1. The predicted octanol–water partition coefficient (Wildman–Crippen LogP) is 3.08. The van der Waals surface area contributed by atoms with Crippen molar-refractivity contribution >= 4 is 11.6 Å². The first-order valence-corrected chi connectivity index (χ1v) is 7.59. The summed E-state index contributed by atoms with van der Waals surface area (Å²) in [5.74, 6) is -0.619. The smallest absolute Gasteiger partial charge is 0.255 e. The maximum absolute atomic E-state index is 12.9. The Labute approximate surface area is 134 Å². The van der Waals surface area contributed by atoms with E-state index in [9.17, 15) is 9.18 Å². The third-order valence-corrected chi connectivity index (χ3v) is 3.89. The zero-order valence-corrected chi connectivity index (χ0v) is 13.0. The molecule has 1 amide bonds. The molecule has 3 rings (SSSR count). The van der Waals surface area contributed by atoms with Gasteiger partial charge in [-0.25, -0.2) is 4.39 Å². The van der Waals surface area contributed by atoms with Crippen molar-refractivity contribution < 1.29 is 13.9 Å². The lowest BCUT2D eigenvalue weighted by molar-refractivity contribution is -0.0208. The molecule has 1 N–H and O–H groups in total. The van der Waals surface area contributed by atoms with Gasteiger partial charge in [0.25, 0.3) is 5.91 Å². The van der Waals surface area contributed by atoms with Gasteiger partial charge in [0.1, 0.15) is 5.82 Å². The Hall–Kier alpha value is -2.24. The molecule has 0 aromatic heterocycles. The number of benzene rings is 2. The molecule has 1 heterocycles. The summed E-state index contributed by atoms with van der Waals surface area (Å²) < 4.78 is 18.7. The van der Waals surface area contributed by atoms with Gasteiger partial charge in [-0.15, -0.1) is 0 Å². The molecule has 23 heavy (non-hydrogen) atoms. The zero-order valence-electron chi connectivity index (χ0n) is 13.0. The number of halogens is 1. The molecule has 0 bridgehead atoms. The summed E-state index contributed by atoms with van der Waals surface area (Å²) in [7, 11) is 2.07. The molecule has 1 fully saturated rings. The summed E-state index contributed by atoms with van der Waals surface area (Å²) in [6.07, 6.45) is 0.0106. The Morgan fingerprint density at radius 3 is 2.78 bits per heavy atom. The van der Waals surface area contributed by atoms with E-state index in [4.69, 9.17) is 4.74 Å². The summed E-state index contributed by atoms with van der Waals surface area (Å²) in [5, 5.41) is 2.84. The Kier molecular flexibility index (Phi) is 4.69. The third kappa shape index (κ3) is 3.94. The second-order valence-corrected chi connectivity index (χ2v) is 5.71. The van der Waals surface area contributed by atoms with Crippen molar-refractivity contribution in [1.29, 1.82) is 0 Å². The second kappa shape index (κ2) is 6.89. The van der Waals surface area contributed by atoms with E-state index in [1.807, 2.05) is 24.3 Å². The van der Waals surface area contributed by atoms with Crippen LogP contribution in [0.25, 0.3) is 0 Å². The minimum Gasteiger partial charge on any atom is -0.371 e. The zero-order chi connectivity index (χ0) is 16.2.